The van der Waals surface area contributed by atoms with Crippen LogP contribution >= 0.6 is 0 Å². The lowest BCUT2D eigenvalue weighted by atomic mass is 10.1. The molecule has 1 amide bonds. The molecule has 2 N–H and O–H groups in total. The zero-order valence-corrected chi connectivity index (χ0v) is 17.1. The van der Waals surface area contributed by atoms with Crippen molar-refractivity contribution in [3.63, 3.8) is 0 Å². The van der Waals surface area contributed by atoms with E-state index >= 15 is 0 Å². The molecular formula is C22H26N6O2. The number of rotatable bonds is 7. The first-order valence-corrected chi connectivity index (χ1v) is 10.3. The Labute approximate surface area is 175 Å². The van der Waals surface area contributed by atoms with E-state index in [1.54, 1.807) is 12.4 Å². The van der Waals surface area contributed by atoms with Gasteiger partial charge in [0.05, 0.1) is 5.56 Å². The lowest BCUT2D eigenvalue weighted by Gasteiger charge is -2.34. The molecule has 1 aromatic carbocycles. The SMILES string of the molecule is Cc1[nH]c2ccccc2c1C(=O)C(=O)NCCCN1CCN(c2ncccn2)CC1. The molecule has 0 saturated carbocycles. The number of H-pyrrole nitrogens is 1. The third-order valence-electron chi connectivity index (χ3n) is 5.47. The number of para-hydroxylation sites is 1. The largest absolute Gasteiger partial charge is 0.358 e. The molecule has 4 rings (SSSR count). The fraction of sp³-hybridized carbons (Fsp3) is 0.364. The minimum Gasteiger partial charge on any atom is -0.358 e. The number of aromatic nitrogens is 3. The molecule has 0 bridgehead atoms. The number of aryl methyl sites for hydroxylation is 1. The standard InChI is InChI=1S/C22H26N6O2/c1-16-19(17-6-2-3-7-18(17)26-16)20(29)21(30)23-10-5-11-27-12-14-28(15-13-27)22-24-8-4-9-25-22/h2-4,6-9,26H,5,10-15H2,1H3,(H,23,30). The smallest absolute Gasteiger partial charge is 0.292 e. The first-order chi connectivity index (χ1) is 14.6. The number of fused-ring (bicyclic) bond motifs is 1. The normalized spacial score (nSPS) is 14.8. The van der Waals surface area contributed by atoms with E-state index in [4.69, 9.17) is 0 Å². The van der Waals surface area contributed by atoms with Crippen molar-refractivity contribution in [3.05, 3.63) is 54.0 Å². The van der Waals surface area contributed by atoms with Crippen molar-refractivity contribution >= 4 is 28.5 Å². The summed E-state index contributed by atoms with van der Waals surface area (Å²) in [5.41, 5.74) is 2.05. The van der Waals surface area contributed by atoms with Gasteiger partial charge in [-0.1, -0.05) is 18.2 Å². The Balaban J connectivity index is 1.22. The number of anilines is 1. The van der Waals surface area contributed by atoms with Gasteiger partial charge in [0.25, 0.3) is 11.7 Å². The van der Waals surface area contributed by atoms with Gasteiger partial charge in [-0.3, -0.25) is 14.5 Å². The number of carbonyl (C=O) groups is 2. The maximum Gasteiger partial charge on any atom is 0.292 e. The van der Waals surface area contributed by atoms with Crippen LogP contribution in [-0.2, 0) is 4.79 Å². The molecule has 3 heterocycles. The zero-order chi connectivity index (χ0) is 20.9. The number of nitrogens with zero attached hydrogens (tertiary/aromatic N) is 4. The van der Waals surface area contributed by atoms with Crippen LogP contribution in [0.1, 0.15) is 22.5 Å². The van der Waals surface area contributed by atoms with Crippen LogP contribution in [0.2, 0.25) is 0 Å². The maximum absolute atomic E-state index is 12.6. The van der Waals surface area contributed by atoms with Gasteiger partial charge in [-0.05, 0) is 32.0 Å². The quantitative estimate of drug-likeness (QED) is 0.353. The summed E-state index contributed by atoms with van der Waals surface area (Å²) in [5, 5.41) is 3.56. The van der Waals surface area contributed by atoms with E-state index in [1.807, 2.05) is 37.3 Å². The summed E-state index contributed by atoms with van der Waals surface area (Å²) in [6.07, 6.45) is 4.32. The molecule has 1 saturated heterocycles. The molecular weight excluding hydrogens is 380 g/mol. The number of hydrogen-bond acceptors (Lipinski definition) is 6. The van der Waals surface area contributed by atoms with Crippen molar-refractivity contribution in [2.45, 2.75) is 13.3 Å². The second kappa shape index (κ2) is 9.04. The van der Waals surface area contributed by atoms with Gasteiger partial charge < -0.3 is 15.2 Å². The lowest BCUT2D eigenvalue weighted by Crippen LogP contribution is -2.47. The molecule has 156 valence electrons. The van der Waals surface area contributed by atoms with Crippen LogP contribution in [-0.4, -0.2) is 70.8 Å². The van der Waals surface area contributed by atoms with Gasteiger partial charge in [0.15, 0.2) is 0 Å². The zero-order valence-electron chi connectivity index (χ0n) is 17.1. The summed E-state index contributed by atoms with van der Waals surface area (Å²) in [6, 6.07) is 9.35. The van der Waals surface area contributed by atoms with E-state index in [0.717, 1.165) is 61.7 Å². The number of amides is 1. The van der Waals surface area contributed by atoms with Crippen molar-refractivity contribution in [1.29, 1.82) is 0 Å². The Kier molecular flexibility index (Phi) is 6.04. The number of aromatic amines is 1. The van der Waals surface area contributed by atoms with Crippen molar-refractivity contribution in [2.75, 3.05) is 44.2 Å². The molecule has 2 aromatic heterocycles. The predicted molar refractivity (Wildman–Crippen MR) is 116 cm³/mol. The van der Waals surface area contributed by atoms with Crippen LogP contribution in [0.4, 0.5) is 5.95 Å². The molecule has 8 nitrogen and oxygen atoms in total. The summed E-state index contributed by atoms with van der Waals surface area (Å²) in [4.78, 5) is 41.3. The highest BCUT2D eigenvalue weighted by molar-refractivity contribution is 6.45. The molecule has 0 aliphatic carbocycles. The molecule has 0 atom stereocenters. The van der Waals surface area contributed by atoms with Crippen LogP contribution in [0.15, 0.2) is 42.7 Å². The van der Waals surface area contributed by atoms with Crippen LogP contribution in [0, 0.1) is 6.92 Å². The Morgan fingerprint density at radius 1 is 1.07 bits per heavy atom. The first-order valence-electron chi connectivity index (χ1n) is 10.3. The van der Waals surface area contributed by atoms with Crippen molar-refractivity contribution in [3.8, 4) is 0 Å². The number of hydrogen-bond donors (Lipinski definition) is 2. The highest BCUT2D eigenvalue weighted by Crippen LogP contribution is 2.22. The highest BCUT2D eigenvalue weighted by Gasteiger charge is 2.22. The monoisotopic (exact) mass is 406 g/mol. The van der Waals surface area contributed by atoms with Gasteiger partial charge in [0, 0.05) is 61.7 Å². The second-order valence-corrected chi connectivity index (χ2v) is 7.49. The molecule has 1 aliphatic rings. The van der Waals surface area contributed by atoms with E-state index in [9.17, 15) is 9.59 Å². The Morgan fingerprint density at radius 2 is 1.80 bits per heavy atom. The molecule has 8 heteroatoms. The molecule has 1 aliphatic heterocycles. The minimum absolute atomic E-state index is 0.461. The van der Waals surface area contributed by atoms with Crippen molar-refractivity contribution in [2.24, 2.45) is 0 Å². The minimum atomic E-state index is -0.547. The van der Waals surface area contributed by atoms with Gasteiger partial charge in [0.1, 0.15) is 0 Å². The molecule has 0 spiro atoms. The maximum atomic E-state index is 12.6. The topological polar surface area (TPSA) is 94.2 Å². The van der Waals surface area contributed by atoms with Crippen LogP contribution in [0.25, 0.3) is 10.9 Å². The highest BCUT2D eigenvalue weighted by atomic mass is 16.2. The van der Waals surface area contributed by atoms with Crippen molar-refractivity contribution in [1.82, 2.24) is 25.2 Å². The first kappa shape index (κ1) is 20.0. The van der Waals surface area contributed by atoms with E-state index in [2.05, 4.69) is 30.1 Å². The van der Waals surface area contributed by atoms with Crippen LogP contribution < -0.4 is 10.2 Å². The summed E-state index contributed by atoms with van der Waals surface area (Å²) >= 11 is 0. The number of ketones is 1. The average molecular weight is 406 g/mol. The lowest BCUT2D eigenvalue weighted by molar-refractivity contribution is -0.117. The fourth-order valence-electron chi connectivity index (χ4n) is 3.89. The van der Waals surface area contributed by atoms with Crippen LogP contribution in [0.3, 0.4) is 0 Å². The molecule has 30 heavy (non-hydrogen) atoms. The molecule has 3 aromatic rings. The summed E-state index contributed by atoms with van der Waals surface area (Å²) in [6.45, 7) is 6.81. The molecule has 1 fully saturated rings. The van der Waals surface area contributed by atoms with Gasteiger partial charge in [-0.15, -0.1) is 0 Å². The Hall–Kier alpha value is -3.26. The second-order valence-electron chi connectivity index (χ2n) is 7.49. The molecule has 0 unspecified atom stereocenters. The molecule has 0 radical (unpaired) electrons. The Bertz CT molecular complexity index is 1020. The van der Waals surface area contributed by atoms with E-state index in [-0.39, 0.29) is 0 Å². The number of benzene rings is 1. The van der Waals surface area contributed by atoms with E-state index in [0.29, 0.717) is 12.1 Å². The van der Waals surface area contributed by atoms with Gasteiger partial charge >= 0.3 is 0 Å². The van der Waals surface area contributed by atoms with Gasteiger partial charge in [0.2, 0.25) is 5.95 Å². The summed E-state index contributed by atoms with van der Waals surface area (Å²) in [5.74, 6) is -0.258. The van der Waals surface area contributed by atoms with Gasteiger partial charge in [-0.2, -0.15) is 0 Å². The van der Waals surface area contributed by atoms with Gasteiger partial charge in [-0.25, -0.2) is 9.97 Å². The number of nitrogens with one attached hydrogen (secondary N) is 2. The number of Topliss-reactive ketones (excluding diaryl/α,β-unsaturated/α-hetero) is 1. The van der Waals surface area contributed by atoms with E-state index in [1.165, 1.54) is 0 Å². The van der Waals surface area contributed by atoms with Crippen LogP contribution in [0.5, 0.6) is 0 Å². The van der Waals surface area contributed by atoms with E-state index < -0.39 is 11.7 Å². The summed E-state index contributed by atoms with van der Waals surface area (Å²) < 4.78 is 0. The number of carbonyl (C=O) groups excluding carboxylic acids is 2. The number of piperazine rings is 1. The van der Waals surface area contributed by atoms with Crippen molar-refractivity contribution < 1.29 is 9.59 Å². The predicted octanol–water partition coefficient (Wildman–Crippen LogP) is 1.78. The Morgan fingerprint density at radius 3 is 2.57 bits per heavy atom. The fourth-order valence-corrected chi connectivity index (χ4v) is 3.89. The third kappa shape index (κ3) is 4.33. The summed E-state index contributed by atoms with van der Waals surface area (Å²) in [7, 11) is 0. The average Bonchev–Trinajstić information content (AvgIpc) is 3.12. The third-order valence-corrected chi connectivity index (χ3v) is 5.47.